The predicted molar refractivity (Wildman–Crippen MR) is 129 cm³/mol. The summed E-state index contributed by atoms with van der Waals surface area (Å²) in [5.41, 5.74) is 0.947. The monoisotopic (exact) mass is 482 g/mol. The summed E-state index contributed by atoms with van der Waals surface area (Å²) in [6.07, 6.45) is 2.23. The van der Waals surface area contributed by atoms with E-state index in [1.54, 1.807) is 0 Å². The fourth-order valence-corrected chi connectivity index (χ4v) is 7.51. The fourth-order valence-electron chi connectivity index (χ4n) is 7.51. The van der Waals surface area contributed by atoms with Crippen LogP contribution in [-0.4, -0.2) is 66.2 Å². The summed E-state index contributed by atoms with van der Waals surface area (Å²) in [5.74, 6) is 1.38. The number of benzene rings is 1. The first-order chi connectivity index (χ1) is 16.7. The lowest BCUT2D eigenvalue weighted by Crippen LogP contribution is -2.65. The summed E-state index contributed by atoms with van der Waals surface area (Å²) in [6, 6.07) is 9.72. The molecule has 35 heavy (non-hydrogen) atoms. The molecule has 2 aliphatic heterocycles. The molecule has 7 rings (SSSR count). The highest BCUT2D eigenvalue weighted by atomic mass is 16.7. The number of ether oxygens (including phenoxy) is 1. The number of carboxylic acid groups (broad SMARTS) is 1. The van der Waals surface area contributed by atoms with E-state index in [-0.39, 0.29) is 29.8 Å². The first kappa shape index (κ1) is 23.2. The Kier molecular flexibility index (Phi) is 5.38. The number of amides is 2. The summed E-state index contributed by atoms with van der Waals surface area (Å²) in [6.45, 7) is 7.43. The van der Waals surface area contributed by atoms with Gasteiger partial charge in [-0.3, -0.25) is 0 Å². The van der Waals surface area contributed by atoms with E-state index in [2.05, 4.69) is 26.1 Å². The van der Waals surface area contributed by atoms with Crippen LogP contribution in [0, 0.1) is 29.1 Å². The lowest BCUT2D eigenvalue weighted by Gasteiger charge is -2.64. The van der Waals surface area contributed by atoms with Crippen LogP contribution in [0.25, 0.3) is 0 Å². The van der Waals surface area contributed by atoms with E-state index in [1.807, 2.05) is 30.3 Å². The molecule has 8 atom stereocenters. The van der Waals surface area contributed by atoms with Crippen molar-refractivity contribution in [2.75, 3.05) is 13.2 Å². The van der Waals surface area contributed by atoms with Gasteiger partial charge in [0.05, 0.1) is 23.7 Å². The third kappa shape index (κ3) is 3.82. The van der Waals surface area contributed by atoms with Gasteiger partial charge in [0.25, 0.3) is 0 Å². The topological polar surface area (TPSA) is 97.3 Å². The summed E-state index contributed by atoms with van der Waals surface area (Å²) in [4.78, 5) is 25.9. The molecular weight excluding hydrogens is 447 g/mol. The van der Waals surface area contributed by atoms with Crippen LogP contribution in [0.3, 0.4) is 0 Å². The molecule has 2 N–H and O–H groups in total. The molecule has 4 saturated carbocycles. The number of nitrogens with zero attached hydrogens (tertiary/aromatic N) is 1. The molecule has 1 aromatic rings. The Morgan fingerprint density at radius 3 is 2.71 bits per heavy atom. The van der Waals surface area contributed by atoms with E-state index >= 15 is 0 Å². The molecule has 6 aliphatic rings. The fraction of sp³-hybridized carbons (Fsp3) is 0.692. The van der Waals surface area contributed by atoms with E-state index < -0.39 is 25.2 Å². The number of piperidine rings is 1. The van der Waals surface area contributed by atoms with Crippen LogP contribution in [0.15, 0.2) is 30.3 Å². The van der Waals surface area contributed by atoms with Gasteiger partial charge in [-0.1, -0.05) is 44.2 Å². The van der Waals surface area contributed by atoms with Crippen LogP contribution in [0.4, 0.5) is 9.59 Å². The number of rotatable bonds is 6. The molecule has 2 bridgehead atoms. The van der Waals surface area contributed by atoms with Crippen LogP contribution in [0.1, 0.15) is 45.6 Å². The van der Waals surface area contributed by atoms with Crippen molar-refractivity contribution in [3.8, 4) is 0 Å². The summed E-state index contributed by atoms with van der Waals surface area (Å²) < 4.78 is 18.7. The second-order valence-corrected chi connectivity index (χ2v) is 12.0. The normalized spacial score (nSPS) is 38.7. The Balaban J connectivity index is 1.14. The molecule has 0 spiro atoms. The van der Waals surface area contributed by atoms with Crippen molar-refractivity contribution in [3.05, 3.63) is 35.9 Å². The largest absolute Gasteiger partial charge is 0.482 e. The lowest BCUT2D eigenvalue weighted by atomic mass is 9.43. The third-order valence-corrected chi connectivity index (χ3v) is 9.83. The van der Waals surface area contributed by atoms with E-state index in [0.29, 0.717) is 36.6 Å². The van der Waals surface area contributed by atoms with Gasteiger partial charge in [-0.25, -0.2) is 9.59 Å². The number of fused-ring (bicyclic) bond motifs is 1. The number of hydrogen-bond acceptors (Lipinski definition) is 5. The highest BCUT2D eigenvalue weighted by Crippen LogP contribution is 2.65. The van der Waals surface area contributed by atoms with Crippen molar-refractivity contribution >= 4 is 19.3 Å². The first-order valence-electron chi connectivity index (χ1n) is 13.0. The molecule has 4 aliphatic carbocycles. The molecule has 1 aromatic carbocycles. The number of carbonyl (C=O) groups excluding carboxylic acids is 1. The maximum absolute atomic E-state index is 12.9. The van der Waals surface area contributed by atoms with Gasteiger partial charge < -0.3 is 29.4 Å². The number of carbonyl (C=O) groups is 2. The summed E-state index contributed by atoms with van der Waals surface area (Å²) >= 11 is 0. The predicted octanol–water partition coefficient (Wildman–Crippen LogP) is 3.59. The molecule has 6 fully saturated rings. The molecule has 9 heteroatoms. The van der Waals surface area contributed by atoms with Crippen LogP contribution >= 0.6 is 0 Å². The quantitative estimate of drug-likeness (QED) is 0.602. The minimum absolute atomic E-state index is 0.0229. The van der Waals surface area contributed by atoms with Gasteiger partial charge in [0, 0.05) is 6.54 Å². The molecule has 0 radical (unpaired) electrons. The van der Waals surface area contributed by atoms with Gasteiger partial charge in [-0.2, -0.15) is 0 Å². The molecule has 0 unspecified atom stereocenters. The third-order valence-electron chi connectivity index (χ3n) is 9.83. The zero-order valence-electron chi connectivity index (χ0n) is 20.7. The highest BCUT2D eigenvalue weighted by molar-refractivity contribution is 6.47. The van der Waals surface area contributed by atoms with Crippen LogP contribution in [0.5, 0.6) is 0 Å². The number of likely N-dealkylation sites (tertiary alicyclic amines) is 1. The van der Waals surface area contributed by atoms with Gasteiger partial charge in [-0.05, 0) is 67.3 Å². The van der Waals surface area contributed by atoms with E-state index in [4.69, 9.17) is 14.0 Å². The first-order valence-corrected chi connectivity index (χ1v) is 13.0. The van der Waals surface area contributed by atoms with Gasteiger partial charge in [0.1, 0.15) is 6.61 Å². The second-order valence-electron chi connectivity index (χ2n) is 12.0. The minimum Gasteiger partial charge on any atom is -0.465 e. The zero-order chi connectivity index (χ0) is 24.5. The zero-order valence-corrected chi connectivity index (χ0v) is 20.7. The maximum Gasteiger partial charge on any atom is 0.482 e. The summed E-state index contributed by atoms with van der Waals surface area (Å²) in [7, 11) is -0.567. The van der Waals surface area contributed by atoms with E-state index in [0.717, 1.165) is 18.4 Å². The highest BCUT2D eigenvalue weighted by Gasteiger charge is 2.68. The standard InChI is InChI=1S/C26H35BN2O6/c1-25(2)17-11-20(25)26(3)21(12-17)34-27(35-26)22(9-15-7-5-4-6-8-15)28-23(30)33-14-19-18-10-16(18)13-29(19)24(31)32/h4-8,16-22H,9-14H2,1-3H3,(H,28,30)(H,31,32)/t16-,17+,18-,19+,20+,21-,22+,26+/m1/s1. The van der Waals surface area contributed by atoms with E-state index in [9.17, 15) is 14.7 Å². The smallest absolute Gasteiger partial charge is 0.465 e. The molecule has 2 amide bonds. The Hall–Kier alpha value is -2.26. The minimum atomic E-state index is -0.946. The Labute approximate surface area is 206 Å². The average Bonchev–Trinajstić information content (AvgIpc) is 3.34. The van der Waals surface area contributed by atoms with Gasteiger partial charge in [-0.15, -0.1) is 0 Å². The Morgan fingerprint density at radius 2 is 2.00 bits per heavy atom. The van der Waals surface area contributed by atoms with Crippen molar-refractivity contribution in [2.24, 2.45) is 29.1 Å². The van der Waals surface area contributed by atoms with E-state index in [1.165, 1.54) is 11.3 Å². The molecular formula is C26H35BN2O6. The number of nitrogens with one attached hydrogen (secondary N) is 1. The molecule has 0 aromatic heterocycles. The van der Waals surface area contributed by atoms with Gasteiger partial charge >= 0.3 is 19.3 Å². The summed E-state index contributed by atoms with van der Waals surface area (Å²) in [5, 5.41) is 12.5. The average molecular weight is 482 g/mol. The van der Waals surface area contributed by atoms with Crippen LogP contribution < -0.4 is 5.32 Å². The molecule has 2 saturated heterocycles. The van der Waals surface area contributed by atoms with Crippen molar-refractivity contribution < 1.29 is 28.7 Å². The number of alkyl carbamates (subject to hydrolysis) is 1. The van der Waals surface area contributed by atoms with Crippen molar-refractivity contribution in [3.63, 3.8) is 0 Å². The van der Waals surface area contributed by atoms with Crippen molar-refractivity contribution in [1.29, 1.82) is 0 Å². The maximum atomic E-state index is 12.9. The number of hydrogen-bond donors (Lipinski definition) is 2. The Morgan fingerprint density at radius 1 is 1.23 bits per heavy atom. The van der Waals surface area contributed by atoms with Crippen molar-refractivity contribution in [1.82, 2.24) is 10.2 Å². The van der Waals surface area contributed by atoms with Gasteiger partial charge in [0.15, 0.2) is 0 Å². The van der Waals surface area contributed by atoms with Crippen LogP contribution in [0.2, 0.25) is 0 Å². The molecule has 188 valence electrons. The van der Waals surface area contributed by atoms with Gasteiger partial charge in [0.2, 0.25) is 0 Å². The van der Waals surface area contributed by atoms with Crippen LogP contribution in [-0.2, 0) is 20.5 Å². The second kappa shape index (κ2) is 8.13. The lowest BCUT2D eigenvalue weighted by molar-refractivity contribution is -0.199. The van der Waals surface area contributed by atoms with Crippen molar-refractivity contribution in [2.45, 2.75) is 70.1 Å². The Bertz CT molecular complexity index is 1010. The SMILES string of the molecule is CC1(C)[C@@H]2C[C@H]3OB([C@H](Cc4ccccc4)NC(=O)OC[C@H]4[C@@H]5C[C@@H]5CN4C(=O)O)O[C@@]3(C)[C@H]1C2. The molecule has 2 heterocycles. The molecule has 8 nitrogen and oxygen atoms in total.